The maximum Gasteiger partial charge on any atom is 0.227 e. The van der Waals surface area contributed by atoms with E-state index in [9.17, 15) is 17.6 Å². The van der Waals surface area contributed by atoms with E-state index < -0.39 is 34.0 Å². The molecule has 10 heteroatoms. The van der Waals surface area contributed by atoms with E-state index in [0.29, 0.717) is 17.4 Å². The van der Waals surface area contributed by atoms with Gasteiger partial charge in [0.1, 0.15) is 23.1 Å². The van der Waals surface area contributed by atoms with Crippen molar-refractivity contribution in [3.05, 3.63) is 71.4 Å². The van der Waals surface area contributed by atoms with Crippen LogP contribution in [0.4, 0.5) is 29.2 Å². The van der Waals surface area contributed by atoms with Crippen molar-refractivity contribution in [3.8, 4) is 17.5 Å². The summed E-state index contributed by atoms with van der Waals surface area (Å²) in [6.45, 7) is 0. The summed E-state index contributed by atoms with van der Waals surface area (Å²) in [7, 11) is -0.604. The van der Waals surface area contributed by atoms with Crippen LogP contribution in [0.3, 0.4) is 0 Å². The van der Waals surface area contributed by atoms with Gasteiger partial charge in [0.25, 0.3) is 0 Å². The van der Waals surface area contributed by atoms with Crippen molar-refractivity contribution in [2.45, 2.75) is 5.75 Å². The van der Waals surface area contributed by atoms with Gasteiger partial charge in [0.05, 0.1) is 6.20 Å². The molecule has 0 radical (unpaired) electrons. The van der Waals surface area contributed by atoms with Crippen LogP contribution in [0.5, 0.6) is 0 Å². The van der Waals surface area contributed by atoms with Gasteiger partial charge in [-0.1, -0.05) is 10.7 Å². The average molecular weight is 419 g/mol. The first-order valence-electron chi connectivity index (χ1n) is 8.12. The molecule has 0 bridgehead atoms. The van der Waals surface area contributed by atoms with Crippen molar-refractivity contribution in [1.29, 1.82) is 5.26 Å². The Bertz CT molecular complexity index is 1140. The number of rotatable bonds is 5. The van der Waals surface area contributed by atoms with E-state index in [4.69, 9.17) is 5.26 Å². The Morgan fingerprint density at radius 3 is 2.59 bits per heavy atom. The smallest absolute Gasteiger partial charge is 0.227 e. The van der Waals surface area contributed by atoms with Gasteiger partial charge in [0, 0.05) is 23.1 Å². The van der Waals surface area contributed by atoms with Gasteiger partial charge in [-0.05, 0) is 42.2 Å². The van der Waals surface area contributed by atoms with Crippen molar-refractivity contribution >= 4 is 22.3 Å². The lowest BCUT2D eigenvalue weighted by atomic mass is 10.1. The molecule has 1 atom stereocenters. The zero-order valence-corrected chi connectivity index (χ0v) is 15.8. The number of hydrogen-bond donors (Lipinski definition) is 1. The molecule has 148 valence electrons. The van der Waals surface area contributed by atoms with Crippen LogP contribution in [0.2, 0.25) is 0 Å². The lowest BCUT2D eigenvalue weighted by Crippen LogP contribution is -2.03. The molecule has 0 aliphatic heterocycles. The Balaban J connectivity index is 1.92. The second-order valence-corrected chi connectivity index (χ2v) is 7.60. The summed E-state index contributed by atoms with van der Waals surface area (Å²) >= 11 is 0. The van der Waals surface area contributed by atoms with Crippen molar-refractivity contribution in [2.75, 3.05) is 11.6 Å². The third-order valence-electron chi connectivity index (χ3n) is 3.72. The molecule has 29 heavy (non-hydrogen) atoms. The predicted octanol–water partition coefficient (Wildman–Crippen LogP) is 4.86. The summed E-state index contributed by atoms with van der Waals surface area (Å²) in [6.07, 6.45) is 4.29. The second-order valence-electron chi connectivity index (χ2n) is 5.92. The number of nitrogens with zero attached hydrogens (tertiary/aromatic N) is 4. The molecule has 1 aromatic heterocycles. The van der Waals surface area contributed by atoms with Crippen LogP contribution in [0.25, 0.3) is 11.3 Å². The number of anilines is 2. The molecular formula is C19H13F4N5S. The van der Waals surface area contributed by atoms with Crippen molar-refractivity contribution in [3.63, 3.8) is 0 Å². The minimum Gasteiger partial charge on any atom is -0.324 e. The van der Waals surface area contributed by atoms with Gasteiger partial charge in [-0.3, -0.25) is 0 Å². The first kappa shape index (κ1) is 20.4. The number of nitrogens with one attached hydrogen (secondary N) is 1. The minimum absolute atomic E-state index is 0.0983. The van der Waals surface area contributed by atoms with Crippen LogP contribution in [-0.4, -0.2) is 16.2 Å². The van der Waals surface area contributed by atoms with E-state index in [-0.39, 0.29) is 22.9 Å². The molecule has 1 N–H and O–H groups in total. The van der Waals surface area contributed by atoms with Crippen LogP contribution >= 0.6 is 0 Å². The van der Waals surface area contributed by atoms with Crippen molar-refractivity contribution < 1.29 is 17.6 Å². The molecule has 1 heterocycles. The molecule has 0 spiro atoms. The molecular weight excluding hydrogens is 406 g/mol. The van der Waals surface area contributed by atoms with Crippen molar-refractivity contribution in [2.24, 2.45) is 4.36 Å². The fourth-order valence-corrected chi connectivity index (χ4v) is 3.43. The minimum atomic E-state index is -0.974. The highest BCUT2D eigenvalue weighted by Crippen LogP contribution is 2.26. The first-order valence-corrected chi connectivity index (χ1v) is 9.88. The maximum absolute atomic E-state index is 14.1. The zero-order chi connectivity index (χ0) is 21.0. The zero-order valence-electron chi connectivity index (χ0n) is 15.0. The van der Waals surface area contributed by atoms with E-state index in [2.05, 4.69) is 19.6 Å². The van der Waals surface area contributed by atoms with Gasteiger partial charge in [0.2, 0.25) is 12.1 Å². The average Bonchev–Trinajstić information content (AvgIpc) is 2.63. The summed E-state index contributed by atoms with van der Waals surface area (Å²) < 4.78 is 58.9. The third kappa shape index (κ3) is 5.14. The van der Waals surface area contributed by atoms with Gasteiger partial charge >= 0.3 is 0 Å². The summed E-state index contributed by atoms with van der Waals surface area (Å²) in [6, 6.07) is 6.79. The van der Waals surface area contributed by atoms with Gasteiger partial charge < -0.3 is 5.32 Å². The Morgan fingerprint density at radius 1 is 1.07 bits per heavy atom. The van der Waals surface area contributed by atoms with Crippen LogP contribution in [-0.2, 0) is 16.4 Å². The second kappa shape index (κ2) is 8.79. The molecule has 3 aromatic rings. The molecule has 0 amide bonds. The molecule has 0 aliphatic carbocycles. The molecule has 3 rings (SSSR count). The molecule has 0 saturated heterocycles. The van der Waals surface area contributed by atoms with Crippen LogP contribution in [0.15, 0.2) is 47.0 Å². The number of aromatic nitrogens is 2. The fraction of sp³-hybridized carbons (Fsp3) is 0.105. The Morgan fingerprint density at radius 2 is 1.86 bits per heavy atom. The van der Waals surface area contributed by atoms with E-state index in [0.717, 1.165) is 18.3 Å². The van der Waals surface area contributed by atoms with E-state index in [1.807, 2.05) is 0 Å². The van der Waals surface area contributed by atoms with Gasteiger partial charge in [-0.15, -0.1) is 0 Å². The lowest BCUT2D eigenvalue weighted by molar-refractivity contribution is 0.580. The van der Waals surface area contributed by atoms with E-state index in [1.54, 1.807) is 18.5 Å². The van der Waals surface area contributed by atoms with Gasteiger partial charge in [0.15, 0.2) is 5.82 Å². The van der Waals surface area contributed by atoms with Crippen LogP contribution < -0.4 is 5.32 Å². The SMILES string of the molecule is CS(Cc1cc(F)cc(Nc2ncc(F)c(-c3ccc(F)cc3F)n2)c1)=NC#N. The standard InChI is InChI=1S/C19H13F4N5S/c1-29(26-10-24)9-11-4-13(21)6-14(5-11)27-19-25-8-17(23)18(28-19)15-3-2-12(20)7-16(15)22/h2-8H,9H2,1H3,(H,25,27,28). The summed E-state index contributed by atoms with van der Waals surface area (Å²) in [5, 5.41) is 11.3. The molecule has 0 aliphatic rings. The van der Waals surface area contributed by atoms with Gasteiger partial charge in [-0.2, -0.15) is 9.62 Å². The number of benzene rings is 2. The highest BCUT2D eigenvalue weighted by molar-refractivity contribution is 7.85. The first-order chi connectivity index (χ1) is 13.9. The topological polar surface area (TPSA) is 74.0 Å². The normalized spacial score (nSPS) is 11.9. The summed E-state index contributed by atoms with van der Waals surface area (Å²) in [5.41, 5.74) is 0.275. The highest BCUT2D eigenvalue weighted by Gasteiger charge is 2.15. The summed E-state index contributed by atoms with van der Waals surface area (Å²) in [5.74, 6) is -2.95. The molecule has 2 aromatic carbocycles. The van der Waals surface area contributed by atoms with Crippen molar-refractivity contribution in [1.82, 2.24) is 9.97 Å². The molecule has 1 unspecified atom stereocenters. The largest absolute Gasteiger partial charge is 0.324 e. The molecule has 0 fully saturated rings. The number of hydrogen-bond acceptors (Lipinski definition) is 5. The Labute approximate surface area is 166 Å². The monoisotopic (exact) mass is 419 g/mol. The number of nitriles is 1. The highest BCUT2D eigenvalue weighted by atomic mass is 32.2. The van der Waals surface area contributed by atoms with Crippen LogP contribution in [0.1, 0.15) is 5.56 Å². The maximum atomic E-state index is 14.1. The Kier molecular flexibility index (Phi) is 6.19. The van der Waals surface area contributed by atoms with E-state index >= 15 is 0 Å². The predicted molar refractivity (Wildman–Crippen MR) is 102 cm³/mol. The quantitative estimate of drug-likeness (QED) is 0.474. The Hall–Kier alpha value is -3.32. The summed E-state index contributed by atoms with van der Waals surface area (Å²) in [4.78, 5) is 7.72. The lowest BCUT2D eigenvalue weighted by Gasteiger charge is -2.10. The fourth-order valence-electron chi connectivity index (χ4n) is 2.58. The number of halogens is 4. The molecule has 0 saturated carbocycles. The molecule has 5 nitrogen and oxygen atoms in total. The third-order valence-corrected chi connectivity index (χ3v) is 4.86. The van der Waals surface area contributed by atoms with Crippen LogP contribution in [0, 0.1) is 34.7 Å². The van der Waals surface area contributed by atoms with Gasteiger partial charge in [-0.25, -0.2) is 27.5 Å². The van der Waals surface area contributed by atoms with E-state index in [1.165, 1.54) is 12.1 Å².